The molecule has 1 aliphatic rings. The fourth-order valence-electron chi connectivity index (χ4n) is 2.70. The Morgan fingerprint density at radius 3 is 2.90 bits per heavy atom. The highest BCUT2D eigenvalue weighted by atomic mass is 16.7. The van der Waals surface area contributed by atoms with E-state index >= 15 is 0 Å². The van der Waals surface area contributed by atoms with E-state index in [0.29, 0.717) is 19.5 Å². The standard InChI is InChI=1S/C13H20N6O2/c1-10(20)19(21-3)12-5-4-11(6-14)18(7-12)8-13-16-15-9-17(13)2/h9,11-12H,4-5,7-8H2,1-3H3/t11-,12+/m0/s1. The van der Waals surface area contributed by atoms with Crippen LogP contribution in [0, 0.1) is 11.3 Å². The van der Waals surface area contributed by atoms with Crippen molar-refractivity contribution in [2.75, 3.05) is 13.7 Å². The average Bonchev–Trinajstić information content (AvgIpc) is 2.85. The fourth-order valence-corrected chi connectivity index (χ4v) is 2.70. The number of piperidine rings is 1. The highest BCUT2D eigenvalue weighted by Crippen LogP contribution is 2.22. The lowest BCUT2D eigenvalue weighted by atomic mass is 9.98. The lowest BCUT2D eigenvalue weighted by Gasteiger charge is -2.39. The molecule has 2 rings (SSSR count). The minimum atomic E-state index is -0.177. The van der Waals surface area contributed by atoms with Crippen molar-refractivity contribution in [1.82, 2.24) is 24.7 Å². The molecule has 0 aliphatic carbocycles. The Balaban J connectivity index is 2.11. The Morgan fingerprint density at radius 2 is 2.38 bits per heavy atom. The molecular formula is C13H20N6O2. The van der Waals surface area contributed by atoms with Gasteiger partial charge in [0.2, 0.25) is 5.91 Å². The van der Waals surface area contributed by atoms with E-state index in [1.54, 1.807) is 6.33 Å². The minimum Gasteiger partial charge on any atom is -0.320 e. The number of hydroxylamine groups is 2. The van der Waals surface area contributed by atoms with Crippen LogP contribution in [-0.2, 0) is 23.2 Å². The summed E-state index contributed by atoms with van der Waals surface area (Å²) in [6.45, 7) is 2.59. The largest absolute Gasteiger partial charge is 0.320 e. The first-order chi connectivity index (χ1) is 10.1. The fraction of sp³-hybridized carbons (Fsp3) is 0.692. The number of nitrogens with zero attached hydrogens (tertiary/aromatic N) is 6. The van der Waals surface area contributed by atoms with Gasteiger partial charge in [0.25, 0.3) is 0 Å². The topological polar surface area (TPSA) is 87.3 Å². The van der Waals surface area contributed by atoms with Crippen LogP contribution in [0.4, 0.5) is 0 Å². The number of aryl methyl sites for hydroxylation is 1. The van der Waals surface area contributed by atoms with Crippen molar-refractivity contribution >= 4 is 5.91 Å². The van der Waals surface area contributed by atoms with Gasteiger partial charge in [0, 0.05) is 20.5 Å². The van der Waals surface area contributed by atoms with E-state index < -0.39 is 0 Å². The van der Waals surface area contributed by atoms with Gasteiger partial charge in [-0.25, -0.2) is 5.06 Å². The summed E-state index contributed by atoms with van der Waals surface area (Å²) in [6, 6.07) is 2.09. The molecule has 0 radical (unpaired) electrons. The predicted molar refractivity (Wildman–Crippen MR) is 73.4 cm³/mol. The van der Waals surface area contributed by atoms with Crippen LogP contribution in [0.3, 0.4) is 0 Å². The molecule has 0 bridgehead atoms. The normalized spacial score (nSPS) is 22.8. The lowest BCUT2D eigenvalue weighted by Crippen LogP contribution is -2.52. The predicted octanol–water partition coefficient (Wildman–Crippen LogP) is 0.0816. The SMILES string of the molecule is CON(C(C)=O)[C@@H]1CC[C@@H](C#N)N(Cc2nncn2C)C1. The van der Waals surface area contributed by atoms with Crippen molar-refractivity contribution in [3.8, 4) is 6.07 Å². The maximum Gasteiger partial charge on any atom is 0.243 e. The Bertz CT molecular complexity index is 537. The summed E-state index contributed by atoms with van der Waals surface area (Å²) >= 11 is 0. The van der Waals surface area contributed by atoms with Gasteiger partial charge in [0.15, 0.2) is 0 Å². The van der Waals surface area contributed by atoms with Crippen molar-refractivity contribution in [3.63, 3.8) is 0 Å². The number of amides is 1. The van der Waals surface area contributed by atoms with E-state index in [4.69, 9.17) is 4.84 Å². The summed E-state index contributed by atoms with van der Waals surface area (Å²) < 4.78 is 1.83. The van der Waals surface area contributed by atoms with Crippen LogP contribution in [0.5, 0.6) is 0 Å². The summed E-state index contributed by atoms with van der Waals surface area (Å²) in [5.41, 5.74) is 0. The zero-order valence-electron chi connectivity index (χ0n) is 12.6. The molecular weight excluding hydrogens is 272 g/mol. The molecule has 0 aromatic carbocycles. The van der Waals surface area contributed by atoms with Gasteiger partial charge in [0.1, 0.15) is 12.2 Å². The van der Waals surface area contributed by atoms with E-state index in [0.717, 1.165) is 12.2 Å². The van der Waals surface area contributed by atoms with Gasteiger partial charge < -0.3 is 4.57 Å². The first-order valence-corrected chi connectivity index (χ1v) is 6.87. The van der Waals surface area contributed by atoms with Gasteiger partial charge in [-0.3, -0.25) is 14.5 Å². The molecule has 8 heteroatoms. The van der Waals surface area contributed by atoms with E-state index in [1.807, 2.05) is 16.5 Å². The number of hydrogen-bond acceptors (Lipinski definition) is 6. The first kappa shape index (κ1) is 15.4. The van der Waals surface area contributed by atoms with E-state index in [1.165, 1.54) is 19.1 Å². The maximum atomic E-state index is 11.6. The van der Waals surface area contributed by atoms with E-state index in [2.05, 4.69) is 16.3 Å². The van der Waals surface area contributed by atoms with Crippen molar-refractivity contribution in [2.24, 2.45) is 7.05 Å². The van der Waals surface area contributed by atoms with Crippen molar-refractivity contribution < 1.29 is 9.63 Å². The molecule has 1 amide bonds. The third-order valence-corrected chi connectivity index (χ3v) is 3.80. The van der Waals surface area contributed by atoms with Crippen molar-refractivity contribution in [2.45, 2.75) is 38.4 Å². The van der Waals surface area contributed by atoms with E-state index in [-0.39, 0.29) is 18.0 Å². The minimum absolute atomic E-state index is 0.0506. The molecule has 0 saturated carbocycles. The number of rotatable bonds is 4. The average molecular weight is 292 g/mol. The van der Waals surface area contributed by atoms with Crippen LogP contribution in [0.1, 0.15) is 25.6 Å². The van der Waals surface area contributed by atoms with Crippen molar-refractivity contribution in [3.05, 3.63) is 12.2 Å². The molecule has 2 heterocycles. The van der Waals surface area contributed by atoms with Gasteiger partial charge in [-0.15, -0.1) is 10.2 Å². The molecule has 1 fully saturated rings. The van der Waals surface area contributed by atoms with Gasteiger partial charge in [-0.1, -0.05) is 0 Å². The molecule has 114 valence electrons. The summed E-state index contributed by atoms with van der Waals surface area (Å²) in [7, 11) is 3.36. The zero-order chi connectivity index (χ0) is 15.4. The monoisotopic (exact) mass is 292 g/mol. The number of carbonyl (C=O) groups excluding carboxylic acids is 1. The second-order valence-electron chi connectivity index (χ2n) is 5.19. The van der Waals surface area contributed by atoms with Crippen molar-refractivity contribution in [1.29, 1.82) is 5.26 Å². The Labute approximate surface area is 123 Å². The Kier molecular flexibility index (Phi) is 4.88. The third kappa shape index (κ3) is 3.37. The molecule has 1 aromatic heterocycles. The maximum absolute atomic E-state index is 11.6. The first-order valence-electron chi connectivity index (χ1n) is 6.87. The molecule has 8 nitrogen and oxygen atoms in total. The zero-order valence-corrected chi connectivity index (χ0v) is 12.6. The van der Waals surface area contributed by atoms with Crippen LogP contribution in [0.15, 0.2) is 6.33 Å². The highest BCUT2D eigenvalue weighted by Gasteiger charge is 2.33. The Morgan fingerprint density at radius 1 is 1.62 bits per heavy atom. The highest BCUT2D eigenvalue weighted by molar-refractivity contribution is 5.72. The summed E-state index contributed by atoms with van der Waals surface area (Å²) in [5.74, 6) is 0.666. The molecule has 0 N–H and O–H groups in total. The van der Waals surface area contributed by atoms with Gasteiger partial charge in [0.05, 0.1) is 31.8 Å². The number of likely N-dealkylation sites (tertiary alicyclic amines) is 1. The van der Waals surface area contributed by atoms with Crippen LogP contribution in [0.2, 0.25) is 0 Å². The van der Waals surface area contributed by atoms with Gasteiger partial charge in [-0.2, -0.15) is 5.26 Å². The van der Waals surface area contributed by atoms with Gasteiger partial charge in [-0.05, 0) is 12.8 Å². The number of nitriles is 1. The number of hydrogen-bond donors (Lipinski definition) is 0. The molecule has 2 atom stereocenters. The molecule has 1 saturated heterocycles. The molecule has 0 spiro atoms. The van der Waals surface area contributed by atoms with Crippen LogP contribution < -0.4 is 0 Å². The molecule has 1 aromatic rings. The van der Waals surface area contributed by atoms with Crippen LogP contribution in [0.25, 0.3) is 0 Å². The summed E-state index contributed by atoms with van der Waals surface area (Å²) in [5, 5.41) is 18.6. The quantitative estimate of drug-likeness (QED) is 0.730. The smallest absolute Gasteiger partial charge is 0.243 e. The number of aromatic nitrogens is 3. The summed E-state index contributed by atoms with van der Waals surface area (Å²) in [4.78, 5) is 18.8. The molecule has 1 aliphatic heterocycles. The second-order valence-corrected chi connectivity index (χ2v) is 5.19. The Hall–Kier alpha value is -1.98. The van der Waals surface area contributed by atoms with E-state index in [9.17, 15) is 10.1 Å². The van der Waals surface area contributed by atoms with Crippen LogP contribution >= 0.6 is 0 Å². The summed E-state index contributed by atoms with van der Waals surface area (Å²) in [6.07, 6.45) is 3.09. The molecule has 21 heavy (non-hydrogen) atoms. The third-order valence-electron chi connectivity index (χ3n) is 3.80. The van der Waals surface area contributed by atoms with Crippen LogP contribution in [-0.4, -0.2) is 56.4 Å². The van der Waals surface area contributed by atoms with Gasteiger partial charge >= 0.3 is 0 Å². The number of carbonyl (C=O) groups is 1. The molecule has 0 unspecified atom stereocenters. The second kappa shape index (κ2) is 6.65. The lowest BCUT2D eigenvalue weighted by molar-refractivity contribution is -0.192.